The van der Waals surface area contributed by atoms with Crippen molar-refractivity contribution >= 4 is 17.7 Å². The normalized spacial score (nSPS) is 10.7. The van der Waals surface area contributed by atoms with Gasteiger partial charge < -0.3 is 10.1 Å². The van der Waals surface area contributed by atoms with E-state index < -0.39 is 0 Å². The smallest absolute Gasteiger partial charge is 0.230 e. The number of nitrogens with one attached hydrogen (secondary N) is 1. The summed E-state index contributed by atoms with van der Waals surface area (Å²) in [7, 11) is 1.60. The predicted octanol–water partition coefficient (Wildman–Crippen LogP) is 3.89. The van der Waals surface area contributed by atoms with Gasteiger partial charge in [-0.2, -0.15) is 0 Å². The summed E-state index contributed by atoms with van der Waals surface area (Å²) < 4.78 is 20.6. The lowest BCUT2D eigenvalue weighted by Crippen LogP contribution is -2.25. The highest BCUT2D eigenvalue weighted by molar-refractivity contribution is 7.99. The first-order chi connectivity index (χ1) is 15.7. The van der Waals surface area contributed by atoms with Crippen LogP contribution in [0.4, 0.5) is 4.39 Å². The third-order valence-corrected chi connectivity index (χ3v) is 5.59. The summed E-state index contributed by atoms with van der Waals surface area (Å²) in [6, 6.07) is 17.2. The van der Waals surface area contributed by atoms with Gasteiger partial charge in [-0.25, -0.2) is 4.39 Å². The molecule has 0 radical (unpaired) electrons. The van der Waals surface area contributed by atoms with Crippen molar-refractivity contribution < 1.29 is 13.9 Å². The van der Waals surface area contributed by atoms with Crippen molar-refractivity contribution in [2.45, 2.75) is 11.7 Å². The van der Waals surface area contributed by atoms with E-state index in [4.69, 9.17) is 4.74 Å². The van der Waals surface area contributed by atoms with Gasteiger partial charge >= 0.3 is 0 Å². The van der Waals surface area contributed by atoms with Crippen molar-refractivity contribution in [1.82, 2.24) is 25.1 Å². The molecule has 0 aliphatic carbocycles. The molecule has 0 unspecified atom stereocenters. The van der Waals surface area contributed by atoms with Gasteiger partial charge in [0.25, 0.3) is 0 Å². The number of nitrogens with zero attached hydrogens (tertiary/aromatic N) is 4. The molecular weight excluding hydrogens is 429 g/mol. The second kappa shape index (κ2) is 10.1. The Kier molecular flexibility index (Phi) is 6.76. The number of methoxy groups -OCH3 is 1. The number of aromatic nitrogens is 4. The first-order valence-electron chi connectivity index (χ1n) is 9.79. The number of para-hydroxylation sites is 1. The Morgan fingerprint density at radius 1 is 1.06 bits per heavy atom. The van der Waals surface area contributed by atoms with E-state index in [9.17, 15) is 9.18 Å². The fourth-order valence-electron chi connectivity index (χ4n) is 3.10. The highest BCUT2D eigenvalue weighted by atomic mass is 32.2. The number of amides is 1. The summed E-state index contributed by atoms with van der Waals surface area (Å²) >= 11 is 1.25. The number of benzene rings is 2. The molecule has 162 valence electrons. The molecule has 0 saturated carbocycles. The number of thioether (sulfide) groups is 1. The molecule has 0 saturated heterocycles. The minimum Gasteiger partial charge on any atom is -0.496 e. The van der Waals surface area contributed by atoms with Gasteiger partial charge in [0.2, 0.25) is 5.91 Å². The molecule has 2 aromatic carbocycles. The molecule has 0 spiro atoms. The van der Waals surface area contributed by atoms with Crippen LogP contribution in [0.3, 0.4) is 0 Å². The lowest BCUT2D eigenvalue weighted by molar-refractivity contribution is -0.118. The molecule has 0 aliphatic rings. The van der Waals surface area contributed by atoms with E-state index >= 15 is 0 Å². The van der Waals surface area contributed by atoms with Crippen LogP contribution in [-0.2, 0) is 11.3 Å². The van der Waals surface area contributed by atoms with Crippen LogP contribution in [0.5, 0.6) is 5.75 Å². The Morgan fingerprint density at radius 3 is 2.56 bits per heavy atom. The van der Waals surface area contributed by atoms with Crippen LogP contribution in [-0.4, -0.2) is 38.5 Å². The van der Waals surface area contributed by atoms with Gasteiger partial charge in [-0.05, 0) is 42.5 Å². The first kappa shape index (κ1) is 21.5. The fourth-order valence-corrected chi connectivity index (χ4v) is 3.88. The van der Waals surface area contributed by atoms with Gasteiger partial charge in [0.1, 0.15) is 11.6 Å². The van der Waals surface area contributed by atoms with E-state index in [1.165, 1.54) is 23.9 Å². The van der Waals surface area contributed by atoms with Crippen molar-refractivity contribution in [1.29, 1.82) is 0 Å². The van der Waals surface area contributed by atoms with Crippen LogP contribution < -0.4 is 10.1 Å². The molecule has 1 amide bonds. The molecule has 0 atom stereocenters. The number of hydrogen-bond donors (Lipinski definition) is 1. The summed E-state index contributed by atoms with van der Waals surface area (Å²) in [6.07, 6.45) is 3.33. The molecule has 0 aliphatic heterocycles. The Morgan fingerprint density at radius 2 is 1.81 bits per heavy atom. The second-order valence-electron chi connectivity index (χ2n) is 6.73. The van der Waals surface area contributed by atoms with E-state index in [1.807, 2.05) is 36.4 Å². The maximum atomic E-state index is 13.5. The molecule has 7 nitrogen and oxygen atoms in total. The molecule has 0 fully saturated rings. The standard InChI is InChI=1S/C23H20FN5O2S/c1-31-20-5-3-2-4-17(20)14-26-21(30)15-32-23-28-27-22(16-10-12-25-13-11-16)29(23)19-8-6-18(24)7-9-19/h2-13H,14-15H2,1H3,(H,26,30). The Balaban J connectivity index is 1.51. The lowest BCUT2D eigenvalue weighted by atomic mass is 10.2. The van der Waals surface area contributed by atoms with Crippen LogP contribution in [0.25, 0.3) is 17.1 Å². The number of pyridine rings is 1. The number of hydrogen-bond acceptors (Lipinski definition) is 6. The highest BCUT2D eigenvalue weighted by Crippen LogP contribution is 2.28. The third kappa shape index (κ3) is 4.94. The minimum absolute atomic E-state index is 0.144. The van der Waals surface area contributed by atoms with Crippen molar-refractivity contribution in [2.24, 2.45) is 0 Å². The summed E-state index contributed by atoms with van der Waals surface area (Å²) in [4.78, 5) is 16.5. The van der Waals surface area contributed by atoms with Gasteiger partial charge in [-0.1, -0.05) is 30.0 Å². The number of halogens is 1. The van der Waals surface area contributed by atoms with Gasteiger partial charge in [-0.15, -0.1) is 10.2 Å². The van der Waals surface area contributed by atoms with Crippen molar-refractivity contribution in [3.05, 3.63) is 84.4 Å². The maximum Gasteiger partial charge on any atom is 0.230 e. The summed E-state index contributed by atoms with van der Waals surface area (Å²) in [5, 5.41) is 12.0. The zero-order valence-corrected chi connectivity index (χ0v) is 18.1. The Bertz CT molecular complexity index is 1200. The van der Waals surface area contributed by atoms with Crippen molar-refractivity contribution in [3.8, 4) is 22.8 Å². The predicted molar refractivity (Wildman–Crippen MR) is 120 cm³/mol. The fraction of sp³-hybridized carbons (Fsp3) is 0.130. The Labute approximate surface area is 188 Å². The van der Waals surface area contributed by atoms with Crippen molar-refractivity contribution in [2.75, 3.05) is 12.9 Å². The average Bonchev–Trinajstić information content (AvgIpc) is 3.26. The zero-order valence-electron chi connectivity index (χ0n) is 17.2. The Hall–Kier alpha value is -3.72. The molecule has 2 heterocycles. The van der Waals surface area contributed by atoms with E-state index in [0.29, 0.717) is 23.2 Å². The number of carbonyl (C=O) groups is 1. The van der Waals surface area contributed by atoms with Gasteiger partial charge in [0, 0.05) is 35.8 Å². The van der Waals surface area contributed by atoms with Crippen LogP contribution in [0, 0.1) is 5.82 Å². The summed E-state index contributed by atoms with van der Waals surface area (Å²) in [6.45, 7) is 0.357. The molecular formula is C23H20FN5O2S. The number of ether oxygens (including phenoxy) is 1. The summed E-state index contributed by atoms with van der Waals surface area (Å²) in [5.74, 6) is 0.955. The third-order valence-electron chi connectivity index (χ3n) is 4.66. The van der Waals surface area contributed by atoms with Crippen LogP contribution in [0.2, 0.25) is 0 Å². The molecule has 4 aromatic rings. The van der Waals surface area contributed by atoms with E-state index in [-0.39, 0.29) is 17.5 Å². The molecule has 4 rings (SSSR count). The van der Waals surface area contributed by atoms with Crippen LogP contribution >= 0.6 is 11.8 Å². The monoisotopic (exact) mass is 449 g/mol. The second-order valence-corrected chi connectivity index (χ2v) is 7.67. The quantitative estimate of drug-likeness (QED) is 0.411. The largest absolute Gasteiger partial charge is 0.496 e. The van der Waals surface area contributed by atoms with Crippen LogP contribution in [0.1, 0.15) is 5.56 Å². The lowest BCUT2D eigenvalue weighted by Gasteiger charge is -2.11. The van der Waals surface area contributed by atoms with E-state index in [0.717, 1.165) is 16.9 Å². The topological polar surface area (TPSA) is 81.9 Å². The molecule has 0 bridgehead atoms. The summed E-state index contributed by atoms with van der Waals surface area (Å²) in [5.41, 5.74) is 2.40. The van der Waals surface area contributed by atoms with Crippen molar-refractivity contribution in [3.63, 3.8) is 0 Å². The van der Waals surface area contributed by atoms with Gasteiger partial charge in [0.05, 0.1) is 12.9 Å². The maximum absolute atomic E-state index is 13.5. The van der Waals surface area contributed by atoms with Gasteiger partial charge in [0.15, 0.2) is 11.0 Å². The molecule has 9 heteroatoms. The van der Waals surface area contributed by atoms with E-state index in [2.05, 4.69) is 20.5 Å². The minimum atomic E-state index is -0.336. The van der Waals surface area contributed by atoms with E-state index in [1.54, 1.807) is 36.2 Å². The number of rotatable bonds is 8. The van der Waals surface area contributed by atoms with Crippen LogP contribution in [0.15, 0.2) is 78.2 Å². The average molecular weight is 450 g/mol. The highest BCUT2D eigenvalue weighted by Gasteiger charge is 2.17. The molecule has 32 heavy (non-hydrogen) atoms. The van der Waals surface area contributed by atoms with Gasteiger partial charge in [-0.3, -0.25) is 14.3 Å². The SMILES string of the molecule is COc1ccccc1CNC(=O)CSc1nnc(-c2ccncc2)n1-c1ccc(F)cc1. The number of carbonyl (C=O) groups excluding carboxylic acids is 1. The molecule has 1 N–H and O–H groups in total. The molecule has 2 aromatic heterocycles. The first-order valence-corrected chi connectivity index (χ1v) is 10.8. The zero-order chi connectivity index (χ0) is 22.3.